The van der Waals surface area contributed by atoms with Crippen LogP contribution in [0.5, 0.6) is 0 Å². The van der Waals surface area contributed by atoms with E-state index in [-0.39, 0.29) is 0 Å². The van der Waals surface area contributed by atoms with Crippen LogP contribution in [0.3, 0.4) is 0 Å². The smallest absolute Gasteiger partial charge is 0.195 e. The van der Waals surface area contributed by atoms with E-state index in [2.05, 4.69) is 13.8 Å². The van der Waals surface area contributed by atoms with Crippen LogP contribution in [0.1, 0.15) is 52.4 Å². The summed E-state index contributed by atoms with van der Waals surface area (Å²) in [5.74, 6) is 1.12. The van der Waals surface area contributed by atoms with Crippen molar-refractivity contribution in [2.24, 2.45) is 5.92 Å². The molecule has 120 valence electrons. The van der Waals surface area contributed by atoms with Crippen LogP contribution >= 0.6 is 11.6 Å². The molecule has 0 atom stereocenters. The maximum absolute atomic E-state index is 12.7. The Labute approximate surface area is 129 Å². The molecule has 0 aliphatic carbocycles. The third-order valence-electron chi connectivity index (χ3n) is 3.97. The molecule has 0 unspecified atom stereocenters. The van der Waals surface area contributed by atoms with Crippen molar-refractivity contribution in [2.45, 2.75) is 52.4 Å². The van der Waals surface area contributed by atoms with Gasteiger partial charge in [-0.25, -0.2) is 0 Å². The molecule has 20 heavy (non-hydrogen) atoms. The van der Waals surface area contributed by atoms with Gasteiger partial charge in [0, 0.05) is 32.1 Å². The van der Waals surface area contributed by atoms with E-state index >= 15 is 0 Å². The first kappa shape index (κ1) is 18.2. The minimum atomic E-state index is -3.28. The first-order valence-corrected chi connectivity index (χ1v) is 9.80. The topological polar surface area (TPSA) is 40.6 Å². The van der Waals surface area contributed by atoms with E-state index < -0.39 is 10.2 Å². The second kappa shape index (κ2) is 9.23. The Morgan fingerprint density at radius 2 is 1.60 bits per heavy atom. The molecular weight excluding hydrogens is 296 g/mol. The lowest BCUT2D eigenvalue weighted by Crippen LogP contribution is -2.47. The number of piperidine rings is 1. The molecule has 1 rings (SSSR count). The number of hydrogen-bond acceptors (Lipinski definition) is 2. The summed E-state index contributed by atoms with van der Waals surface area (Å²) in [6, 6.07) is 0. The predicted octanol–water partition coefficient (Wildman–Crippen LogP) is 3.08. The van der Waals surface area contributed by atoms with Gasteiger partial charge in [-0.15, -0.1) is 11.6 Å². The predicted molar refractivity (Wildman–Crippen MR) is 85.3 cm³/mol. The van der Waals surface area contributed by atoms with Crippen molar-refractivity contribution < 1.29 is 8.42 Å². The second-order valence-corrected chi connectivity index (χ2v) is 7.85. The first-order chi connectivity index (χ1) is 9.56. The molecule has 4 nitrogen and oxygen atoms in total. The zero-order chi connectivity index (χ0) is 15.0. The lowest BCUT2D eigenvalue weighted by Gasteiger charge is -2.34. The number of hydrogen-bond donors (Lipinski definition) is 0. The fraction of sp³-hybridized carbons (Fsp3) is 1.00. The molecule has 0 spiro atoms. The number of halogens is 1. The largest absolute Gasteiger partial charge is 0.281 e. The summed E-state index contributed by atoms with van der Waals surface area (Å²) < 4.78 is 28.8. The fourth-order valence-corrected chi connectivity index (χ4v) is 4.50. The van der Waals surface area contributed by atoms with E-state index in [4.69, 9.17) is 11.6 Å². The number of nitrogens with zero attached hydrogens (tertiary/aromatic N) is 2. The third kappa shape index (κ3) is 5.17. The Morgan fingerprint density at radius 1 is 1.10 bits per heavy atom. The molecule has 1 fully saturated rings. The molecule has 6 heteroatoms. The molecule has 0 aromatic rings. The van der Waals surface area contributed by atoms with Gasteiger partial charge in [0.2, 0.25) is 0 Å². The molecule has 0 amide bonds. The van der Waals surface area contributed by atoms with Crippen LogP contribution in [-0.4, -0.2) is 49.1 Å². The van der Waals surface area contributed by atoms with Crippen molar-refractivity contribution in [2.75, 3.05) is 32.1 Å². The Bertz CT molecular complexity index is 346. The Balaban J connectivity index is 2.66. The molecule has 1 heterocycles. The lowest BCUT2D eigenvalue weighted by atomic mass is 10.0. The van der Waals surface area contributed by atoms with Gasteiger partial charge in [0.05, 0.1) is 0 Å². The molecular formula is C14H29ClN2O2S. The van der Waals surface area contributed by atoms with Gasteiger partial charge in [0.1, 0.15) is 0 Å². The SMILES string of the molecule is CCCCN(CCCC)S(=O)(=O)N1CCC(CCl)CC1. The number of unbranched alkanes of at least 4 members (excludes halogenated alkanes) is 2. The van der Waals surface area contributed by atoms with E-state index in [1.807, 2.05) is 0 Å². The van der Waals surface area contributed by atoms with Crippen molar-refractivity contribution >= 4 is 21.8 Å². The maximum atomic E-state index is 12.7. The fourth-order valence-electron chi connectivity index (χ4n) is 2.47. The summed E-state index contributed by atoms with van der Waals surface area (Å²) in [4.78, 5) is 0. The zero-order valence-corrected chi connectivity index (χ0v) is 14.4. The first-order valence-electron chi connectivity index (χ1n) is 7.87. The minimum absolute atomic E-state index is 0.475. The van der Waals surface area contributed by atoms with Crippen LogP contribution < -0.4 is 0 Å². The quantitative estimate of drug-likeness (QED) is 0.611. The van der Waals surface area contributed by atoms with E-state index in [1.165, 1.54) is 0 Å². The summed E-state index contributed by atoms with van der Waals surface area (Å²) in [6.45, 7) is 6.72. The average Bonchev–Trinajstić information content (AvgIpc) is 2.47. The highest BCUT2D eigenvalue weighted by Crippen LogP contribution is 2.22. The van der Waals surface area contributed by atoms with E-state index in [9.17, 15) is 8.42 Å². The van der Waals surface area contributed by atoms with Crippen LogP contribution in [0.25, 0.3) is 0 Å². The van der Waals surface area contributed by atoms with Gasteiger partial charge in [-0.05, 0) is 31.6 Å². The van der Waals surface area contributed by atoms with E-state index in [0.29, 0.717) is 38.0 Å². The normalized spacial score (nSPS) is 18.8. The molecule has 0 bridgehead atoms. The van der Waals surface area contributed by atoms with Crippen LogP contribution in [0.4, 0.5) is 0 Å². The Hall–Kier alpha value is 0.160. The Kier molecular flexibility index (Phi) is 8.41. The van der Waals surface area contributed by atoms with Crippen LogP contribution in [0, 0.1) is 5.92 Å². The molecule has 1 aliphatic rings. The minimum Gasteiger partial charge on any atom is -0.195 e. The molecule has 0 saturated carbocycles. The monoisotopic (exact) mass is 324 g/mol. The third-order valence-corrected chi connectivity index (χ3v) is 6.44. The van der Waals surface area contributed by atoms with Crippen molar-refractivity contribution in [3.8, 4) is 0 Å². The van der Waals surface area contributed by atoms with Crippen molar-refractivity contribution in [3.05, 3.63) is 0 Å². The molecule has 0 aromatic carbocycles. The molecule has 0 N–H and O–H groups in total. The van der Waals surface area contributed by atoms with Gasteiger partial charge in [-0.3, -0.25) is 0 Å². The second-order valence-electron chi connectivity index (χ2n) is 5.61. The summed E-state index contributed by atoms with van der Waals surface area (Å²) in [5, 5.41) is 0. The van der Waals surface area contributed by atoms with Gasteiger partial charge < -0.3 is 0 Å². The lowest BCUT2D eigenvalue weighted by molar-refractivity contribution is 0.263. The van der Waals surface area contributed by atoms with Crippen molar-refractivity contribution in [1.82, 2.24) is 8.61 Å². The van der Waals surface area contributed by atoms with Gasteiger partial charge in [-0.2, -0.15) is 17.0 Å². The van der Waals surface area contributed by atoms with Crippen LogP contribution in [0.15, 0.2) is 0 Å². The summed E-state index contributed by atoms with van der Waals surface area (Å²) in [7, 11) is -3.28. The molecule has 1 aliphatic heterocycles. The van der Waals surface area contributed by atoms with Crippen LogP contribution in [-0.2, 0) is 10.2 Å². The van der Waals surface area contributed by atoms with E-state index in [1.54, 1.807) is 8.61 Å². The van der Waals surface area contributed by atoms with Gasteiger partial charge in [0.25, 0.3) is 10.2 Å². The summed E-state index contributed by atoms with van der Waals surface area (Å²) in [5.41, 5.74) is 0. The van der Waals surface area contributed by atoms with Gasteiger partial charge >= 0.3 is 0 Å². The van der Waals surface area contributed by atoms with Crippen molar-refractivity contribution in [1.29, 1.82) is 0 Å². The highest BCUT2D eigenvalue weighted by atomic mass is 35.5. The zero-order valence-electron chi connectivity index (χ0n) is 12.9. The molecule has 0 radical (unpaired) electrons. The summed E-state index contributed by atoms with van der Waals surface area (Å²) >= 11 is 5.86. The average molecular weight is 325 g/mol. The standard InChI is InChI=1S/C14H29ClN2O2S/c1-3-5-9-16(10-6-4-2)20(18,19)17-11-7-14(13-15)8-12-17/h14H,3-13H2,1-2H3. The number of alkyl halides is 1. The van der Waals surface area contributed by atoms with Gasteiger partial charge in [-0.1, -0.05) is 26.7 Å². The van der Waals surface area contributed by atoms with Crippen LogP contribution in [0.2, 0.25) is 0 Å². The highest BCUT2D eigenvalue weighted by Gasteiger charge is 2.32. The summed E-state index contributed by atoms with van der Waals surface area (Å²) in [6.07, 6.45) is 5.68. The number of rotatable bonds is 9. The van der Waals surface area contributed by atoms with Crippen molar-refractivity contribution in [3.63, 3.8) is 0 Å². The Morgan fingerprint density at radius 3 is 2.00 bits per heavy atom. The maximum Gasteiger partial charge on any atom is 0.281 e. The van der Waals surface area contributed by atoms with E-state index in [0.717, 1.165) is 38.5 Å². The highest BCUT2D eigenvalue weighted by molar-refractivity contribution is 7.86. The van der Waals surface area contributed by atoms with Gasteiger partial charge in [0.15, 0.2) is 0 Å². The molecule has 0 aromatic heterocycles. The molecule has 1 saturated heterocycles.